The zero-order valence-corrected chi connectivity index (χ0v) is 15.4. The fourth-order valence-electron chi connectivity index (χ4n) is 2.51. The van der Waals surface area contributed by atoms with Gasteiger partial charge in [-0.25, -0.2) is 4.79 Å². The van der Waals surface area contributed by atoms with E-state index in [2.05, 4.69) is 4.98 Å². The fourth-order valence-corrected chi connectivity index (χ4v) is 2.51. The quantitative estimate of drug-likeness (QED) is 0.540. The number of aromatic hydroxyl groups is 1. The first kappa shape index (κ1) is 20.0. The molecule has 0 aliphatic heterocycles. The molecule has 0 spiro atoms. The Bertz CT molecular complexity index is 971. The molecule has 2 rings (SSSR count). The molecule has 144 valence electrons. The van der Waals surface area contributed by atoms with Crippen LogP contribution in [0, 0.1) is 0 Å². The van der Waals surface area contributed by atoms with Gasteiger partial charge in [0, 0.05) is 18.2 Å². The van der Waals surface area contributed by atoms with Crippen molar-refractivity contribution in [1.82, 2.24) is 9.55 Å². The summed E-state index contributed by atoms with van der Waals surface area (Å²) in [6.07, 6.45) is 4.00. The first-order valence-electron chi connectivity index (χ1n) is 8.43. The van der Waals surface area contributed by atoms with E-state index in [1.165, 1.54) is 20.3 Å². The number of methoxy groups -OCH3 is 2. The molecule has 1 aromatic heterocycles. The summed E-state index contributed by atoms with van der Waals surface area (Å²) in [5, 5.41) is 10.3. The number of H-pyrrole nitrogens is 1. The van der Waals surface area contributed by atoms with Crippen molar-refractivity contribution in [2.75, 3.05) is 14.2 Å². The number of hydrogen-bond donors (Lipinski definition) is 2. The molecule has 2 N–H and O–H groups in total. The highest BCUT2D eigenvalue weighted by Crippen LogP contribution is 2.25. The summed E-state index contributed by atoms with van der Waals surface area (Å²) >= 11 is 0. The zero-order chi connectivity index (χ0) is 20.0. The molecule has 1 heterocycles. The number of rotatable bonds is 8. The molecule has 0 aliphatic rings. The lowest BCUT2D eigenvalue weighted by atomic mass is 10.1. The highest BCUT2D eigenvalue weighted by atomic mass is 16.5. The van der Waals surface area contributed by atoms with Crippen LogP contribution >= 0.6 is 0 Å². The van der Waals surface area contributed by atoms with E-state index in [1.807, 2.05) is 6.92 Å². The van der Waals surface area contributed by atoms with E-state index in [0.29, 0.717) is 23.5 Å². The van der Waals surface area contributed by atoms with E-state index in [1.54, 1.807) is 18.2 Å². The summed E-state index contributed by atoms with van der Waals surface area (Å²) in [5.74, 6) is -0.290. The SMILES string of the molecule is CCCCn1c(O)c(C(=O)C=Cc2ccc(OC)cc2OC)c(=O)[nH]c1=O. The number of carbonyl (C=O) groups excluding carboxylic acids is 1. The third kappa shape index (κ3) is 4.46. The first-order chi connectivity index (χ1) is 12.9. The lowest BCUT2D eigenvalue weighted by Gasteiger charge is -2.09. The monoisotopic (exact) mass is 374 g/mol. The summed E-state index contributed by atoms with van der Waals surface area (Å²) in [4.78, 5) is 38.4. The molecule has 0 aliphatic carbocycles. The Morgan fingerprint density at radius 3 is 2.63 bits per heavy atom. The number of hydrogen-bond acceptors (Lipinski definition) is 6. The number of allylic oxidation sites excluding steroid dienone is 1. The van der Waals surface area contributed by atoms with Crippen LogP contribution in [0.3, 0.4) is 0 Å². The number of ether oxygens (including phenoxy) is 2. The smallest absolute Gasteiger partial charge is 0.331 e. The van der Waals surface area contributed by atoms with E-state index in [9.17, 15) is 19.5 Å². The highest BCUT2D eigenvalue weighted by molar-refractivity contribution is 6.08. The van der Waals surface area contributed by atoms with Gasteiger partial charge in [-0.3, -0.25) is 19.1 Å². The second kappa shape index (κ2) is 8.88. The molecule has 0 unspecified atom stereocenters. The normalized spacial score (nSPS) is 10.9. The standard InChI is InChI=1S/C19H22N2O6/c1-4-5-10-21-18(24)16(17(23)20-19(21)25)14(22)9-7-12-6-8-13(26-2)11-15(12)27-3/h6-9,11,24H,4-5,10H2,1-3H3,(H,20,23,25). The van der Waals surface area contributed by atoms with Gasteiger partial charge in [-0.2, -0.15) is 0 Å². The molecule has 0 fully saturated rings. The van der Waals surface area contributed by atoms with Crippen LogP contribution in [0.5, 0.6) is 17.4 Å². The van der Waals surface area contributed by atoms with Gasteiger partial charge in [-0.05, 0) is 30.7 Å². The topological polar surface area (TPSA) is 111 Å². The van der Waals surface area contributed by atoms with Gasteiger partial charge >= 0.3 is 5.69 Å². The minimum Gasteiger partial charge on any atom is -0.497 e. The van der Waals surface area contributed by atoms with E-state index in [4.69, 9.17) is 9.47 Å². The van der Waals surface area contributed by atoms with Crippen LogP contribution in [0.1, 0.15) is 35.7 Å². The van der Waals surface area contributed by atoms with Crippen molar-refractivity contribution in [3.05, 3.63) is 56.2 Å². The minimum atomic E-state index is -0.929. The van der Waals surface area contributed by atoms with Crippen LogP contribution in [-0.4, -0.2) is 34.7 Å². The fraction of sp³-hybridized carbons (Fsp3) is 0.316. The Morgan fingerprint density at radius 2 is 2.00 bits per heavy atom. The van der Waals surface area contributed by atoms with Gasteiger partial charge in [0.05, 0.1) is 14.2 Å². The van der Waals surface area contributed by atoms with E-state index in [-0.39, 0.29) is 6.54 Å². The Kier molecular flexibility index (Phi) is 6.59. The largest absolute Gasteiger partial charge is 0.497 e. The molecule has 1 aromatic carbocycles. The summed E-state index contributed by atoms with van der Waals surface area (Å²) < 4.78 is 11.3. The van der Waals surface area contributed by atoms with Gasteiger partial charge in [0.2, 0.25) is 5.88 Å². The highest BCUT2D eigenvalue weighted by Gasteiger charge is 2.19. The summed E-state index contributed by atoms with van der Waals surface area (Å²) in [6.45, 7) is 2.12. The maximum atomic E-state index is 12.5. The molecule has 0 atom stereocenters. The number of aromatic nitrogens is 2. The minimum absolute atomic E-state index is 0.203. The second-order valence-electron chi connectivity index (χ2n) is 5.77. The van der Waals surface area contributed by atoms with Crippen molar-refractivity contribution in [2.24, 2.45) is 0 Å². The van der Waals surface area contributed by atoms with Crippen LogP contribution in [0.2, 0.25) is 0 Å². The number of aromatic amines is 1. The van der Waals surface area contributed by atoms with Gasteiger partial charge in [0.25, 0.3) is 5.56 Å². The van der Waals surface area contributed by atoms with Crippen molar-refractivity contribution >= 4 is 11.9 Å². The van der Waals surface area contributed by atoms with Crippen LogP contribution < -0.4 is 20.7 Å². The third-order valence-corrected chi connectivity index (χ3v) is 4.01. The van der Waals surface area contributed by atoms with Crippen molar-refractivity contribution in [2.45, 2.75) is 26.3 Å². The lowest BCUT2D eigenvalue weighted by Crippen LogP contribution is -2.33. The summed E-state index contributed by atoms with van der Waals surface area (Å²) in [7, 11) is 3.00. The van der Waals surface area contributed by atoms with Crippen LogP contribution in [0.4, 0.5) is 0 Å². The Balaban J connectivity index is 2.40. The molecule has 0 radical (unpaired) electrons. The zero-order valence-electron chi connectivity index (χ0n) is 15.4. The molecule has 0 saturated heterocycles. The lowest BCUT2D eigenvalue weighted by molar-refractivity contribution is 0.104. The molecule has 0 bridgehead atoms. The van der Waals surface area contributed by atoms with Gasteiger partial charge in [0.1, 0.15) is 17.1 Å². The molecular formula is C19H22N2O6. The molecule has 0 saturated carbocycles. The predicted molar refractivity (Wildman–Crippen MR) is 101 cm³/mol. The Hall–Kier alpha value is -3.29. The van der Waals surface area contributed by atoms with Crippen LogP contribution in [0.15, 0.2) is 33.9 Å². The van der Waals surface area contributed by atoms with Gasteiger partial charge < -0.3 is 14.6 Å². The molecule has 0 amide bonds. The van der Waals surface area contributed by atoms with E-state index in [0.717, 1.165) is 17.1 Å². The molecule has 8 heteroatoms. The van der Waals surface area contributed by atoms with Crippen molar-refractivity contribution in [1.29, 1.82) is 0 Å². The predicted octanol–water partition coefficient (Wildman–Crippen LogP) is 1.96. The van der Waals surface area contributed by atoms with Gasteiger partial charge in [0.15, 0.2) is 5.78 Å². The number of nitrogens with one attached hydrogen (secondary N) is 1. The van der Waals surface area contributed by atoms with Crippen LogP contribution in [0.25, 0.3) is 6.08 Å². The molecule has 2 aromatic rings. The maximum Gasteiger partial charge on any atom is 0.331 e. The number of unbranched alkanes of at least 4 members (excludes halogenated alkanes) is 1. The Morgan fingerprint density at radius 1 is 1.26 bits per heavy atom. The first-order valence-corrected chi connectivity index (χ1v) is 8.43. The van der Waals surface area contributed by atoms with Gasteiger partial charge in [-0.1, -0.05) is 13.3 Å². The maximum absolute atomic E-state index is 12.5. The molecular weight excluding hydrogens is 352 g/mol. The summed E-state index contributed by atoms with van der Waals surface area (Å²) in [5.41, 5.74) is -1.57. The molecule has 8 nitrogen and oxygen atoms in total. The number of carbonyl (C=O) groups is 1. The van der Waals surface area contributed by atoms with E-state index >= 15 is 0 Å². The van der Waals surface area contributed by atoms with Gasteiger partial charge in [-0.15, -0.1) is 0 Å². The second-order valence-corrected chi connectivity index (χ2v) is 5.77. The van der Waals surface area contributed by atoms with E-state index < -0.39 is 28.5 Å². The van der Waals surface area contributed by atoms with Crippen molar-refractivity contribution in [3.63, 3.8) is 0 Å². The van der Waals surface area contributed by atoms with Crippen molar-refractivity contribution < 1.29 is 19.4 Å². The number of benzene rings is 1. The van der Waals surface area contributed by atoms with Crippen LogP contribution in [-0.2, 0) is 6.54 Å². The van der Waals surface area contributed by atoms with Crippen molar-refractivity contribution in [3.8, 4) is 17.4 Å². The average Bonchev–Trinajstić information content (AvgIpc) is 2.65. The average molecular weight is 374 g/mol. The molecule has 27 heavy (non-hydrogen) atoms. The number of nitrogens with zero attached hydrogens (tertiary/aromatic N) is 1. The third-order valence-electron chi connectivity index (χ3n) is 4.01. The number of ketones is 1. The summed E-state index contributed by atoms with van der Waals surface area (Å²) in [6, 6.07) is 5.04. The Labute approximate surface area is 155 Å².